The van der Waals surface area contributed by atoms with Gasteiger partial charge in [0.25, 0.3) is 0 Å². The second-order valence-corrected chi connectivity index (χ2v) is 5.21. The summed E-state index contributed by atoms with van der Waals surface area (Å²) in [6, 6.07) is 12.6. The van der Waals surface area contributed by atoms with Crippen molar-refractivity contribution in [3.63, 3.8) is 0 Å². The van der Waals surface area contributed by atoms with Crippen molar-refractivity contribution in [2.45, 2.75) is 19.4 Å². The zero-order valence-corrected chi connectivity index (χ0v) is 10.9. The predicted molar refractivity (Wildman–Crippen MR) is 70.9 cm³/mol. The molecule has 1 aliphatic rings. The Labute approximate surface area is 109 Å². The van der Waals surface area contributed by atoms with Crippen molar-refractivity contribution >= 4 is 0 Å². The average molecular weight is 244 g/mol. The van der Waals surface area contributed by atoms with E-state index in [-0.39, 0.29) is 5.41 Å². The van der Waals surface area contributed by atoms with Crippen molar-refractivity contribution in [1.82, 2.24) is 4.90 Å². The van der Waals surface area contributed by atoms with Gasteiger partial charge in [-0.15, -0.1) is 0 Å². The summed E-state index contributed by atoms with van der Waals surface area (Å²) in [5.74, 6) is 0. The molecule has 0 saturated carbocycles. The number of hydrogen-bond donors (Lipinski definition) is 0. The highest BCUT2D eigenvalue weighted by Crippen LogP contribution is 2.29. The highest BCUT2D eigenvalue weighted by atomic mass is 16.5. The van der Waals surface area contributed by atoms with Gasteiger partial charge in [-0.1, -0.05) is 30.3 Å². The first-order valence-electron chi connectivity index (χ1n) is 6.46. The first-order chi connectivity index (χ1) is 8.74. The zero-order chi connectivity index (χ0) is 12.8. The van der Waals surface area contributed by atoms with E-state index in [1.165, 1.54) is 0 Å². The van der Waals surface area contributed by atoms with Gasteiger partial charge in [0, 0.05) is 6.54 Å². The van der Waals surface area contributed by atoms with E-state index in [4.69, 9.17) is 4.74 Å². The quantitative estimate of drug-likeness (QED) is 0.816. The van der Waals surface area contributed by atoms with E-state index >= 15 is 0 Å². The Morgan fingerprint density at radius 3 is 2.83 bits per heavy atom. The SMILES string of the molecule is CN1CCCC(C#N)(COCc2ccccc2)C1. The Balaban J connectivity index is 1.86. The molecule has 18 heavy (non-hydrogen) atoms. The molecule has 0 radical (unpaired) electrons. The molecule has 2 rings (SSSR count). The van der Waals surface area contributed by atoms with Gasteiger partial charge in [0.15, 0.2) is 0 Å². The molecule has 1 atom stereocenters. The monoisotopic (exact) mass is 244 g/mol. The van der Waals surface area contributed by atoms with Crippen LogP contribution in [0.2, 0.25) is 0 Å². The number of benzene rings is 1. The third-order valence-electron chi connectivity index (χ3n) is 3.49. The maximum absolute atomic E-state index is 9.40. The lowest BCUT2D eigenvalue weighted by Crippen LogP contribution is -2.43. The van der Waals surface area contributed by atoms with Crippen molar-refractivity contribution in [2.24, 2.45) is 5.41 Å². The van der Waals surface area contributed by atoms with Crippen molar-refractivity contribution in [3.8, 4) is 6.07 Å². The Bertz CT molecular complexity index is 412. The van der Waals surface area contributed by atoms with Gasteiger partial charge in [-0.05, 0) is 32.0 Å². The molecule has 1 unspecified atom stereocenters. The van der Waals surface area contributed by atoms with E-state index in [0.717, 1.165) is 31.5 Å². The number of ether oxygens (including phenoxy) is 1. The largest absolute Gasteiger partial charge is 0.375 e. The van der Waals surface area contributed by atoms with E-state index in [2.05, 4.69) is 18.0 Å². The fourth-order valence-corrected chi connectivity index (χ4v) is 2.54. The van der Waals surface area contributed by atoms with Crippen molar-refractivity contribution in [1.29, 1.82) is 5.26 Å². The van der Waals surface area contributed by atoms with Crippen LogP contribution in [0.15, 0.2) is 30.3 Å². The van der Waals surface area contributed by atoms with Gasteiger partial charge in [0.1, 0.15) is 0 Å². The lowest BCUT2D eigenvalue weighted by atomic mass is 9.82. The van der Waals surface area contributed by atoms with Crippen LogP contribution < -0.4 is 0 Å². The fourth-order valence-electron chi connectivity index (χ4n) is 2.54. The maximum Gasteiger partial charge on any atom is 0.0933 e. The fraction of sp³-hybridized carbons (Fsp3) is 0.533. The van der Waals surface area contributed by atoms with Crippen LogP contribution in [-0.2, 0) is 11.3 Å². The van der Waals surface area contributed by atoms with E-state index in [0.29, 0.717) is 13.2 Å². The van der Waals surface area contributed by atoms with Gasteiger partial charge in [-0.25, -0.2) is 0 Å². The number of nitriles is 1. The molecule has 0 amide bonds. The summed E-state index contributed by atoms with van der Waals surface area (Å²) >= 11 is 0. The normalized spacial score (nSPS) is 24.7. The Morgan fingerprint density at radius 2 is 2.17 bits per heavy atom. The topological polar surface area (TPSA) is 36.3 Å². The highest BCUT2D eigenvalue weighted by Gasteiger charge is 2.34. The Kier molecular flexibility index (Phi) is 4.35. The van der Waals surface area contributed by atoms with Crippen LogP contribution in [0.3, 0.4) is 0 Å². The van der Waals surface area contributed by atoms with Crippen molar-refractivity contribution in [2.75, 3.05) is 26.7 Å². The molecular weight excluding hydrogens is 224 g/mol. The zero-order valence-electron chi connectivity index (χ0n) is 10.9. The van der Waals surface area contributed by atoms with Crippen LogP contribution >= 0.6 is 0 Å². The van der Waals surface area contributed by atoms with Gasteiger partial charge in [0.05, 0.1) is 24.7 Å². The molecule has 1 aliphatic heterocycles. The summed E-state index contributed by atoms with van der Waals surface area (Å²) < 4.78 is 5.75. The molecule has 0 aliphatic carbocycles. The van der Waals surface area contributed by atoms with Crippen LogP contribution in [0.5, 0.6) is 0 Å². The predicted octanol–water partition coefficient (Wildman–Crippen LogP) is 2.44. The molecule has 0 aromatic heterocycles. The summed E-state index contributed by atoms with van der Waals surface area (Å²) in [5.41, 5.74) is 0.844. The standard InChI is InChI=1S/C15H20N2O/c1-17-9-5-8-15(11-16,12-17)13-18-10-14-6-3-2-4-7-14/h2-4,6-7H,5,8-10,12-13H2,1H3. The van der Waals surface area contributed by atoms with Crippen molar-refractivity contribution < 1.29 is 4.74 Å². The minimum Gasteiger partial charge on any atom is -0.375 e. The smallest absolute Gasteiger partial charge is 0.0933 e. The van der Waals surface area contributed by atoms with Crippen LogP contribution in [0.25, 0.3) is 0 Å². The third-order valence-corrected chi connectivity index (χ3v) is 3.49. The Hall–Kier alpha value is -1.37. The summed E-state index contributed by atoms with van der Waals surface area (Å²) in [6.07, 6.45) is 2.03. The number of hydrogen-bond acceptors (Lipinski definition) is 3. The summed E-state index contributed by atoms with van der Waals surface area (Å²) in [7, 11) is 2.07. The van der Waals surface area contributed by atoms with E-state index in [1.807, 2.05) is 30.3 Å². The Morgan fingerprint density at radius 1 is 1.39 bits per heavy atom. The summed E-state index contributed by atoms with van der Waals surface area (Å²) in [6.45, 7) is 3.02. The lowest BCUT2D eigenvalue weighted by Gasteiger charge is -2.36. The lowest BCUT2D eigenvalue weighted by molar-refractivity contribution is 0.0235. The van der Waals surface area contributed by atoms with Crippen LogP contribution in [0.4, 0.5) is 0 Å². The number of rotatable bonds is 4. The maximum atomic E-state index is 9.40. The molecule has 0 N–H and O–H groups in total. The minimum atomic E-state index is -0.318. The molecule has 0 bridgehead atoms. The number of nitrogens with zero attached hydrogens (tertiary/aromatic N) is 2. The molecule has 3 nitrogen and oxygen atoms in total. The molecule has 0 spiro atoms. The van der Waals surface area contributed by atoms with E-state index in [1.54, 1.807) is 0 Å². The van der Waals surface area contributed by atoms with Crippen LogP contribution in [0, 0.1) is 16.7 Å². The van der Waals surface area contributed by atoms with Gasteiger partial charge in [-0.2, -0.15) is 5.26 Å². The second kappa shape index (κ2) is 5.99. The summed E-state index contributed by atoms with van der Waals surface area (Å²) in [4.78, 5) is 2.22. The first-order valence-corrected chi connectivity index (χ1v) is 6.46. The summed E-state index contributed by atoms with van der Waals surface area (Å²) in [5, 5.41) is 9.40. The number of likely N-dealkylation sites (tertiary alicyclic amines) is 1. The third kappa shape index (κ3) is 3.32. The van der Waals surface area contributed by atoms with Crippen molar-refractivity contribution in [3.05, 3.63) is 35.9 Å². The van der Waals surface area contributed by atoms with E-state index in [9.17, 15) is 5.26 Å². The molecule has 1 saturated heterocycles. The molecular formula is C15H20N2O. The van der Waals surface area contributed by atoms with Gasteiger partial charge < -0.3 is 9.64 Å². The molecule has 1 heterocycles. The first kappa shape index (κ1) is 13.1. The average Bonchev–Trinajstić information content (AvgIpc) is 2.40. The second-order valence-electron chi connectivity index (χ2n) is 5.21. The van der Waals surface area contributed by atoms with Crippen LogP contribution in [-0.4, -0.2) is 31.6 Å². The molecule has 3 heteroatoms. The molecule has 96 valence electrons. The highest BCUT2D eigenvalue weighted by molar-refractivity contribution is 5.13. The number of piperidine rings is 1. The minimum absolute atomic E-state index is 0.318. The molecule has 1 aromatic carbocycles. The molecule has 1 fully saturated rings. The van der Waals surface area contributed by atoms with Crippen LogP contribution in [0.1, 0.15) is 18.4 Å². The van der Waals surface area contributed by atoms with Gasteiger partial charge in [0.2, 0.25) is 0 Å². The van der Waals surface area contributed by atoms with Gasteiger partial charge >= 0.3 is 0 Å². The molecule has 1 aromatic rings. The van der Waals surface area contributed by atoms with E-state index < -0.39 is 0 Å². The van der Waals surface area contributed by atoms with Gasteiger partial charge in [-0.3, -0.25) is 0 Å².